The van der Waals surface area contributed by atoms with Crippen LogP contribution >= 0.6 is 11.6 Å². The molecule has 2 unspecified atom stereocenters. The van der Waals surface area contributed by atoms with E-state index in [0.29, 0.717) is 46.8 Å². The Morgan fingerprint density at radius 1 is 1.08 bits per heavy atom. The first kappa shape index (κ1) is 27.1. The minimum Gasteiger partial charge on any atom is -0.494 e. The molecule has 1 aromatic carbocycles. The Hall–Kier alpha value is -3.52. The topological polar surface area (TPSA) is 154 Å². The number of imidazole rings is 1. The third-order valence-electron chi connectivity index (χ3n) is 6.35. The molecule has 0 saturated carbocycles. The lowest BCUT2D eigenvalue weighted by Gasteiger charge is -2.28. The number of methoxy groups -OCH3 is 2. The van der Waals surface area contributed by atoms with Crippen molar-refractivity contribution in [1.29, 1.82) is 0 Å². The zero-order valence-corrected chi connectivity index (χ0v) is 23.1. The highest BCUT2D eigenvalue weighted by molar-refractivity contribution is 7.89. The molecule has 2 atom stereocenters. The lowest BCUT2D eigenvalue weighted by molar-refractivity contribution is 0.0140. The minimum absolute atomic E-state index is 0.0433. The number of aromatic nitrogens is 5. The predicted octanol–water partition coefficient (Wildman–Crippen LogP) is 3.46. The number of pyridine rings is 1. The number of rotatable bonds is 8. The second-order valence-electron chi connectivity index (χ2n) is 8.72. The smallest absolute Gasteiger partial charge is 0.213 e. The summed E-state index contributed by atoms with van der Waals surface area (Å²) < 4.78 is 48.7. The number of sulfonamides is 1. The monoisotopic (exact) mass is 574 g/mol. The van der Waals surface area contributed by atoms with E-state index in [1.54, 1.807) is 55.2 Å². The van der Waals surface area contributed by atoms with Gasteiger partial charge >= 0.3 is 0 Å². The number of benzene rings is 1. The minimum atomic E-state index is -3.77. The molecule has 39 heavy (non-hydrogen) atoms. The Bertz CT molecular complexity index is 1610. The number of primary sulfonamides is 1. The number of fused-ring (bicyclic) bond motifs is 1. The molecule has 0 radical (unpaired) electrons. The first-order valence-electron chi connectivity index (χ1n) is 12.2. The van der Waals surface area contributed by atoms with Crippen molar-refractivity contribution in [3.8, 4) is 34.6 Å². The van der Waals surface area contributed by atoms with Crippen LogP contribution in [-0.4, -0.2) is 65.6 Å². The molecule has 0 aliphatic carbocycles. The van der Waals surface area contributed by atoms with Gasteiger partial charge in [-0.15, -0.1) is 0 Å². The van der Waals surface area contributed by atoms with Gasteiger partial charge in [-0.3, -0.25) is 4.57 Å². The summed E-state index contributed by atoms with van der Waals surface area (Å²) in [5, 5.41) is 4.69. The van der Waals surface area contributed by atoms with Crippen LogP contribution in [0, 0.1) is 0 Å². The van der Waals surface area contributed by atoms with Crippen molar-refractivity contribution in [3.63, 3.8) is 0 Å². The van der Waals surface area contributed by atoms with Crippen molar-refractivity contribution < 1.29 is 27.4 Å². The molecule has 0 spiro atoms. The number of para-hydroxylation sites is 1. The van der Waals surface area contributed by atoms with Crippen molar-refractivity contribution >= 4 is 32.9 Å². The van der Waals surface area contributed by atoms with Gasteiger partial charge in [0.15, 0.2) is 22.3 Å². The molecule has 206 valence electrons. The van der Waals surface area contributed by atoms with Gasteiger partial charge in [-0.05, 0) is 38.0 Å². The summed E-state index contributed by atoms with van der Waals surface area (Å²) in [4.78, 5) is 18.7. The number of nitrogens with zero attached hydrogens (tertiary/aromatic N) is 5. The van der Waals surface area contributed by atoms with Crippen LogP contribution in [0.2, 0.25) is 5.15 Å². The molecule has 3 aromatic heterocycles. The third-order valence-corrected chi connectivity index (χ3v) is 7.99. The average Bonchev–Trinajstić information content (AvgIpc) is 3.29. The van der Waals surface area contributed by atoms with Crippen LogP contribution in [0.15, 0.2) is 36.4 Å². The highest BCUT2D eigenvalue weighted by Crippen LogP contribution is 2.39. The fourth-order valence-electron chi connectivity index (χ4n) is 4.55. The van der Waals surface area contributed by atoms with Crippen LogP contribution < -0.4 is 19.3 Å². The maximum absolute atomic E-state index is 12.1. The van der Waals surface area contributed by atoms with Gasteiger partial charge in [0, 0.05) is 12.7 Å². The molecule has 2 N–H and O–H groups in total. The van der Waals surface area contributed by atoms with Gasteiger partial charge < -0.3 is 18.9 Å². The quantitative estimate of drug-likeness (QED) is 0.331. The van der Waals surface area contributed by atoms with Crippen molar-refractivity contribution in [2.75, 3.05) is 27.4 Å². The Morgan fingerprint density at radius 2 is 1.79 bits per heavy atom. The number of halogens is 1. The molecule has 1 aliphatic heterocycles. The Morgan fingerprint density at radius 3 is 2.46 bits per heavy atom. The maximum atomic E-state index is 12.1. The summed E-state index contributed by atoms with van der Waals surface area (Å²) in [5.74, 6) is 1.77. The van der Waals surface area contributed by atoms with Crippen LogP contribution in [0.1, 0.15) is 31.6 Å². The first-order chi connectivity index (χ1) is 18.7. The van der Waals surface area contributed by atoms with Crippen molar-refractivity contribution in [2.45, 2.75) is 31.1 Å². The first-order valence-corrected chi connectivity index (χ1v) is 14.1. The molecule has 14 heteroatoms. The highest BCUT2D eigenvalue weighted by atomic mass is 35.5. The summed E-state index contributed by atoms with van der Waals surface area (Å²) in [6.07, 6.45) is -0.363. The molecule has 4 aromatic rings. The van der Waals surface area contributed by atoms with E-state index in [2.05, 4.69) is 9.97 Å². The van der Waals surface area contributed by atoms with Gasteiger partial charge in [-0.25, -0.2) is 33.5 Å². The van der Waals surface area contributed by atoms with E-state index in [4.69, 9.17) is 45.7 Å². The second-order valence-corrected chi connectivity index (χ2v) is 10.9. The average molecular weight is 575 g/mol. The number of ether oxygens (including phenoxy) is 4. The molecule has 1 aliphatic rings. The molecule has 0 bridgehead atoms. The number of hydrogen-bond acceptors (Lipinski definition) is 10. The summed E-state index contributed by atoms with van der Waals surface area (Å²) >= 11 is 6.57. The lowest BCUT2D eigenvalue weighted by atomic mass is 10.1. The summed E-state index contributed by atoms with van der Waals surface area (Å²) in [6.45, 7) is 2.49. The van der Waals surface area contributed by atoms with E-state index in [1.165, 1.54) is 0 Å². The van der Waals surface area contributed by atoms with E-state index < -0.39 is 21.4 Å². The van der Waals surface area contributed by atoms with Gasteiger partial charge in [0.25, 0.3) is 0 Å². The zero-order valence-electron chi connectivity index (χ0n) is 21.5. The molecular formula is C25H27ClN6O6S. The molecule has 12 nitrogen and oxygen atoms in total. The van der Waals surface area contributed by atoms with E-state index in [1.807, 2.05) is 6.92 Å². The van der Waals surface area contributed by atoms with Crippen LogP contribution in [-0.2, 0) is 14.8 Å². The molecule has 1 fully saturated rings. The summed E-state index contributed by atoms with van der Waals surface area (Å²) in [7, 11) is -0.686. The normalized spacial score (nSPS) is 17.8. The largest absolute Gasteiger partial charge is 0.494 e. The van der Waals surface area contributed by atoms with E-state index >= 15 is 0 Å². The van der Waals surface area contributed by atoms with Gasteiger partial charge in [-0.1, -0.05) is 23.7 Å². The lowest BCUT2D eigenvalue weighted by Crippen LogP contribution is -2.35. The SMILES string of the molecule is CCOc1cccc(-c2nc3nc(Cl)c(C4CC(S(N)(=O)=O)CCO4)nc3n2-c2c(OC)cccc2OC)n1. The maximum Gasteiger partial charge on any atom is 0.213 e. The van der Waals surface area contributed by atoms with E-state index in [9.17, 15) is 8.42 Å². The summed E-state index contributed by atoms with van der Waals surface area (Å²) in [5.41, 5.74) is 1.81. The summed E-state index contributed by atoms with van der Waals surface area (Å²) in [6, 6.07) is 10.7. The van der Waals surface area contributed by atoms with E-state index in [0.717, 1.165) is 0 Å². The zero-order chi connectivity index (χ0) is 27.7. The van der Waals surface area contributed by atoms with Gasteiger partial charge in [0.1, 0.15) is 34.7 Å². The fraction of sp³-hybridized carbons (Fsp3) is 0.360. The van der Waals surface area contributed by atoms with Crippen LogP contribution in [0.5, 0.6) is 17.4 Å². The molecule has 5 rings (SSSR count). The Balaban J connectivity index is 1.77. The number of nitrogens with two attached hydrogens (primary N) is 1. The van der Waals surface area contributed by atoms with Gasteiger partial charge in [0.2, 0.25) is 15.9 Å². The molecule has 4 heterocycles. The van der Waals surface area contributed by atoms with Crippen LogP contribution in [0.25, 0.3) is 28.5 Å². The molecular weight excluding hydrogens is 548 g/mol. The Labute approximate surface area is 230 Å². The van der Waals surface area contributed by atoms with Gasteiger partial charge in [0.05, 0.1) is 26.1 Å². The van der Waals surface area contributed by atoms with Crippen LogP contribution in [0.3, 0.4) is 0 Å². The van der Waals surface area contributed by atoms with E-state index in [-0.39, 0.29) is 35.9 Å². The van der Waals surface area contributed by atoms with Crippen molar-refractivity contribution in [3.05, 3.63) is 47.2 Å². The van der Waals surface area contributed by atoms with Crippen LogP contribution in [0.4, 0.5) is 0 Å². The molecule has 1 saturated heterocycles. The standard InChI is InChI=1S/C25H27ClN6O6S/c1-4-37-19-10-5-7-15(28-19)24-31-23-25(32(24)21-16(35-2)8-6-9-17(21)36-3)29-20(22(26)30-23)18-13-14(11-12-38-18)39(27,33)34/h5-10,14,18H,4,11-13H2,1-3H3,(H2,27,33,34). The second kappa shape index (κ2) is 10.9. The van der Waals surface area contributed by atoms with Crippen molar-refractivity contribution in [2.24, 2.45) is 5.14 Å². The highest BCUT2D eigenvalue weighted by Gasteiger charge is 2.34. The van der Waals surface area contributed by atoms with Gasteiger partial charge in [-0.2, -0.15) is 0 Å². The predicted molar refractivity (Wildman–Crippen MR) is 144 cm³/mol. The third kappa shape index (κ3) is 5.22. The van der Waals surface area contributed by atoms with Crippen molar-refractivity contribution in [1.82, 2.24) is 24.5 Å². The Kier molecular flexibility index (Phi) is 7.58. The fourth-order valence-corrected chi connectivity index (χ4v) is 5.66. The number of hydrogen-bond donors (Lipinski definition) is 1. The molecule has 0 amide bonds.